The summed E-state index contributed by atoms with van der Waals surface area (Å²) in [5, 5.41) is 10.9. The van der Waals surface area contributed by atoms with Gasteiger partial charge in [-0.05, 0) is 18.9 Å². The van der Waals surface area contributed by atoms with Crippen LogP contribution >= 0.6 is 0 Å². The number of sulfonamides is 1. The first-order valence-electron chi connectivity index (χ1n) is 8.70. The molecule has 3 rings (SSSR count). The molecule has 0 radical (unpaired) electrons. The molecule has 1 saturated heterocycles. The molecule has 1 amide bonds. The van der Waals surface area contributed by atoms with Crippen LogP contribution in [-0.4, -0.2) is 48.5 Å². The van der Waals surface area contributed by atoms with Gasteiger partial charge in [0.25, 0.3) is 5.91 Å². The zero-order valence-corrected chi connectivity index (χ0v) is 15.6. The molecule has 0 spiro atoms. The summed E-state index contributed by atoms with van der Waals surface area (Å²) in [6, 6.07) is 1.43. The van der Waals surface area contributed by atoms with Crippen molar-refractivity contribution < 1.29 is 13.2 Å². The largest absolute Gasteiger partial charge is 0.351 e. The van der Waals surface area contributed by atoms with Crippen LogP contribution in [0.3, 0.4) is 0 Å². The monoisotopic (exact) mass is 377 g/mol. The third kappa shape index (κ3) is 3.81. The lowest BCUT2D eigenvalue weighted by atomic mass is 10.0. The molecule has 1 aromatic rings. The zero-order chi connectivity index (χ0) is 18.8. The second kappa shape index (κ2) is 7.21. The van der Waals surface area contributed by atoms with E-state index in [0.29, 0.717) is 44.6 Å². The van der Waals surface area contributed by atoms with Gasteiger partial charge in [0, 0.05) is 52.1 Å². The fraction of sp³-hybridized carbons (Fsp3) is 0.588. The van der Waals surface area contributed by atoms with Gasteiger partial charge in [-0.2, -0.15) is 14.5 Å². The van der Waals surface area contributed by atoms with Crippen molar-refractivity contribution >= 4 is 15.9 Å². The number of aryl methyl sites for hydroxylation is 1. The Balaban J connectivity index is 1.60. The molecule has 9 heteroatoms. The summed E-state index contributed by atoms with van der Waals surface area (Å²) in [5.74, 6) is 2.25. The summed E-state index contributed by atoms with van der Waals surface area (Å²) < 4.78 is 28.2. The Hall–Kier alpha value is -2.18. The van der Waals surface area contributed by atoms with Gasteiger partial charge in [0.1, 0.15) is 10.6 Å². The summed E-state index contributed by atoms with van der Waals surface area (Å²) in [6.07, 6.45) is 10.4. The number of amides is 1. The van der Waals surface area contributed by atoms with Gasteiger partial charge in [0.15, 0.2) is 5.66 Å². The maximum atomic E-state index is 12.6. The average molecular weight is 377 g/mol. The van der Waals surface area contributed by atoms with Gasteiger partial charge in [-0.1, -0.05) is 0 Å². The molecule has 1 N–H and O–H groups in total. The van der Waals surface area contributed by atoms with Gasteiger partial charge in [0.2, 0.25) is 10.0 Å². The number of terminal acetylenes is 1. The number of rotatable bonds is 8. The van der Waals surface area contributed by atoms with Crippen molar-refractivity contribution in [2.45, 2.75) is 42.7 Å². The Kier molecular flexibility index (Phi) is 5.16. The highest BCUT2D eigenvalue weighted by Gasteiger charge is 2.38. The van der Waals surface area contributed by atoms with Crippen LogP contribution in [0.15, 0.2) is 27.4 Å². The van der Waals surface area contributed by atoms with E-state index in [1.54, 1.807) is 7.05 Å². The Labute approximate surface area is 153 Å². The van der Waals surface area contributed by atoms with Gasteiger partial charge in [-0.25, -0.2) is 8.42 Å². The lowest BCUT2D eigenvalue weighted by molar-refractivity contribution is 0.0943. The van der Waals surface area contributed by atoms with Gasteiger partial charge in [0.05, 0.1) is 0 Å². The van der Waals surface area contributed by atoms with E-state index >= 15 is 0 Å². The highest BCUT2D eigenvalue weighted by molar-refractivity contribution is 7.89. The lowest BCUT2D eigenvalue weighted by Gasteiger charge is -2.13. The number of aromatic nitrogens is 1. The highest BCUT2D eigenvalue weighted by Crippen LogP contribution is 2.36. The van der Waals surface area contributed by atoms with Crippen LogP contribution in [0.25, 0.3) is 0 Å². The minimum Gasteiger partial charge on any atom is -0.351 e. The van der Waals surface area contributed by atoms with Gasteiger partial charge < -0.3 is 9.88 Å². The Morgan fingerprint density at radius 3 is 2.65 bits per heavy atom. The van der Waals surface area contributed by atoms with Crippen molar-refractivity contribution in [3.8, 4) is 12.3 Å². The average Bonchev–Trinajstić information content (AvgIpc) is 3.02. The second-order valence-corrected chi connectivity index (χ2v) is 8.61. The van der Waals surface area contributed by atoms with Crippen LogP contribution in [0, 0.1) is 12.3 Å². The first kappa shape index (κ1) is 18.6. The van der Waals surface area contributed by atoms with Gasteiger partial charge in [-0.15, -0.1) is 12.3 Å². The van der Waals surface area contributed by atoms with E-state index in [0.717, 1.165) is 12.8 Å². The summed E-state index contributed by atoms with van der Waals surface area (Å²) in [5.41, 5.74) is -0.136. The predicted octanol–water partition coefficient (Wildman–Crippen LogP) is 1.50. The highest BCUT2D eigenvalue weighted by atomic mass is 32.2. The molecule has 140 valence electrons. The maximum Gasteiger partial charge on any atom is 0.267 e. The molecule has 8 nitrogen and oxygen atoms in total. The van der Waals surface area contributed by atoms with Crippen molar-refractivity contribution in [1.82, 2.24) is 14.2 Å². The molecule has 0 unspecified atom stereocenters. The number of carbonyl (C=O) groups excluding carboxylic acids is 1. The van der Waals surface area contributed by atoms with E-state index < -0.39 is 15.7 Å². The summed E-state index contributed by atoms with van der Waals surface area (Å²) in [4.78, 5) is 12.6. The van der Waals surface area contributed by atoms with E-state index in [-0.39, 0.29) is 10.8 Å². The molecule has 3 heterocycles. The van der Waals surface area contributed by atoms with E-state index in [1.165, 1.54) is 21.1 Å². The molecular weight excluding hydrogens is 354 g/mol. The van der Waals surface area contributed by atoms with Crippen LogP contribution in [-0.2, 0) is 17.1 Å². The Bertz CT molecular complexity index is 853. The van der Waals surface area contributed by atoms with Crippen molar-refractivity contribution in [3.63, 3.8) is 0 Å². The smallest absolute Gasteiger partial charge is 0.267 e. The van der Waals surface area contributed by atoms with Gasteiger partial charge in [-0.3, -0.25) is 4.79 Å². The fourth-order valence-electron chi connectivity index (χ4n) is 3.11. The number of nitrogens with zero attached hydrogens (tertiary/aromatic N) is 4. The SMILES string of the molecule is C#CCCC1(CCNC(=O)c2cc(S(=O)(=O)N3CCCC3)cn2C)N=N1. The predicted molar refractivity (Wildman–Crippen MR) is 96.0 cm³/mol. The Morgan fingerprint density at radius 2 is 2.04 bits per heavy atom. The molecule has 0 atom stereocenters. The molecular formula is C17H23N5O3S. The van der Waals surface area contributed by atoms with Crippen molar-refractivity contribution in [2.24, 2.45) is 17.3 Å². The minimum absolute atomic E-state index is 0.157. The standard InChI is InChI=1S/C17H23N5O3S/c1-3-4-7-17(19-20-17)8-9-18-16(23)15-12-14(13-21(15)2)26(24,25)22-10-5-6-11-22/h1,12-13H,4-11H2,2H3,(H,18,23). The first-order chi connectivity index (χ1) is 12.4. The van der Waals surface area contributed by atoms with Crippen LogP contribution in [0.1, 0.15) is 42.6 Å². The van der Waals surface area contributed by atoms with Crippen LogP contribution in [0.5, 0.6) is 0 Å². The molecule has 0 bridgehead atoms. The zero-order valence-electron chi connectivity index (χ0n) is 14.8. The maximum absolute atomic E-state index is 12.6. The first-order valence-corrected chi connectivity index (χ1v) is 10.1. The molecule has 0 aliphatic carbocycles. The quantitative estimate of drug-likeness (QED) is 0.696. The van der Waals surface area contributed by atoms with E-state index in [1.807, 2.05) is 0 Å². The fourth-order valence-corrected chi connectivity index (χ4v) is 4.70. The van der Waals surface area contributed by atoms with Crippen molar-refractivity contribution in [1.29, 1.82) is 0 Å². The van der Waals surface area contributed by atoms with Crippen LogP contribution in [0.2, 0.25) is 0 Å². The van der Waals surface area contributed by atoms with E-state index in [2.05, 4.69) is 21.5 Å². The molecule has 0 saturated carbocycles. The molecule has 1 fully saturated rings. The molecule has 1 aromatic heterocycles. The molecule has 2 aliphatic heterocycles. The third-order valence-corrected chi connectivity index (χ3v) is 6.64. The van der Waals surface area contributed by atoms with Gasteiger partial charge >= 0.3 is 0 Å². The molecule has 26 heavy (non-hydrogen) atoms. The van der Waals surface area contributed by atoms with Crippen LogP contribution < -0.4 is 5.32 Å². The number of carbonyl (C=O) groups is 1. The summed E-state index contributed by atoms with van der Waals surface area (Å²) >= 11 is 0. The number of nitrogens with one attached hydrogen (secondary N) is 1. The topological polar surface area (TPSA) is 96.1 Å². The number of hydrogen-bond acceptors (Lipinski definition) is 5. The normalized spacial score (nSPS) is 18.6. The third-order valence-electron chi connectivity index (χ3n) is 4.78. The van der Waals surface area contributed by atoms with E-state index in [4.69, 9.17) is 6.42 Å². The van der Waals surface area contributed by atoms with Crippen LogP contribution in [0.4, 0.5) is 0 Å². The second-order valence-electron chi connectivity index (χ2n) is 6.68. The van der Waals surface area contributed by atoms with Crippen molar-refractivity contribution in [2.75, 3.05) is 19.6 Å². The summed E-state index contributed by atoms with van der Waals surface area (Å²) in [6.45, 7) is 1.47. The lowest BCUT2D eigenvalue weighted by Crippen LogP contribution is -2.29. The Morgan fingerprint density at radius 1 is 1.35 bits per heavy atom. The number of hydrogen-bond donors (Lipinski definition) is 1. The molecule has 2 aliphatic rings. The van der Waals surface area contributed by atoms with Crippen molar-refractivity contribution in [3.05, 3.63) is 18.0 Å². The minimum atomic E-state index is -3.53. The van der Waals surface area contributed by atoms with E-state index in [9.17, 15) is 13.2 Å². The molecule has 0 aromatic carbocycles. The summed E-state index contributed by atoms with van der Waals surface area (Å²) in [7, 11) is -1.87.